The van der Waals surface area contributed by atoms with E-state index in [2.05, 4.69) is 15.5 Å². The molecule has 1 aromatic heterocycles. The summed E-state index contributed by atoms with van der Waals surface area (Å²) < 4.78 is 18.8. The van der Waals surface area contributed by atoms with Gasteiger partial charge in [0.05, 0.1) is 12.8 Å². The van der Waals surface area contributed by atoms with Gasteiger partial charge in [-0.25, -0.2) is 9.18 Å². The van der Waals surface area contributed by atoms with Crippen molar-refractivity contribution in [3.05, 3.63) is 54.2 Å². The number of nitrogens with zero attached hydrogens (tertiary/aromatic N) is 1. The van der Waals surface area contributed by atoms with Gasteiger partial charge in [0.2, 0.25) is 0 Å². The van der Waals surface area contributed by atoms with Crippen LogP contribution in [-0.4, -0.2) is 29.1 Å². The van der Waals surface area contributed by atoms with Crippen LogP contribution in [0, 0.1) is 5.82 Å². The minimum Gasteiger partial charge on any atom is -0.468 e. The van der Waals surface area contributed by atoms with Crippen LogP contribution in [0.5, 0.6) is 0 Å². The van der Waals surface area contributed by atoms with Crippen LogP contribution in [0.25, 0.3) is 0 Å². The summed E-state index contributed by atoms with van der Waals surface area (Å²) in [4.78, 5) is 14.8. The molecule has 0 aliphatic carbocycles. The van der Waals surface area contributed by atoms with Crippen LogP contribution in [-0.2, 0) is 6.54 Å². The van der Waals surface area contributed by atoms with Gasteiger partial charge in [0.25, 0.3) is 0 Å². The summed E-state index contributed by atoms with van der Waals surface area (Å²) in [6.45, 7) is 0.838. The number of fused-ring (bicyclic) bond motifs is 2. The Kier molecular flexibility index (Phi) is 4.93. The van der Waals surface area contributed by atoms with Crippen molar-refractivity contribution >= 4 is 11.7 Å². The number of rotatable bonds is 4. The molecule has 2 aliphatic heterocycles. The van der Waals surface area contributed by atoms with Crippen LogP contribution in [0.3, 0.4) is 0 Å². The van der Waals surface area contributed by atoms with Gasteiger partial charge in [-0.3, -0.25) is 4.90 Å². The van der Waals surface area contributed by atoms with Crippen LogP contribution in [0.15, 0.2) is 47.1 Å². The summed E-state index contributed by atoms with van der Waals surface area (Å²) in [5.74, 6) is 0.640. The van der Waals surface area contributed by atoms with Gasteiger partial charge in [-0.1, -0.05) is 12.5 Å². The molecule has 2 fully saturated rings. The monoisotopic (exact) mass is 357 g/mol. The summed E-state index contributed by atoms with van der Waals surface area (Å²) in [6, 6.07) is 10.7. The molecule has 0 saturated carbocycles. The second kappa shape index (κ2) is 7.50. The summed E-state index contributed by atoms with van der Waals surface area (Å²) in [7, 11) is 0. The fourth-order valence-corrected chi connectivity index (χ4v) is 4.36. The molecule has 1 aromatic carbocycles. The number of nitrogens with one attached hydrogen (secondary N) is 2. The molecule has 1 unspecified atom stereocenters. The van der Waals surface area contributed by atoms with E-state index in [0.29, 0.717) is 17.8 Å². The smallest absolute Gasteiger partial charge is 0.319 e. The summed E-state index contributed by atoms with van der Waals surface area (Å²) in [5, 5.41) is 5.80. The van der Waals surface area contributed by atoms with Gasteiger partial charge < -0.3 is 15.1 Å². The maximum atomic E-state index is 13.2. The predicted molar refractivity (Wildman–Crippen MR) is 97.3 cm³/mol. The van der Waals surface area contributed by atoms with Crippen molar-refractivity contribution in [1.82, 2.24) is 10.2 Å². The van der Waals surface area contributed by atoms with E-state index >= 15 is 0 Å². The molecule has 2 aromatic rings. The lowest BCUT2D eigenvalue weighted by Gasteiger charge is -2.48. The largest absolute Gasteiger partial charge is 0.468 e. The van der Waals surface area contributed by atoms with Crippen molar-refractivity contribution in [1.29, 1.82) is 0 Å². The van der Waals surface area contributed by atoms with Crippen LogP contribution in [0.1, 0.15) is 37.9 Å². The number of carbonyl (C=O) groups excluding carboxylic acids is 1. The van der Waals surface area contributed by atoms with Crippen molar-refractivity contribution in [2.24, 2.45) is 0 Å². The molecule has 4 rings (SSSR count). The van der Waals surface area contributed by atoms with Crippen molar-refractivity contribution in [2.75, 3.05) is 5.32 Å². The Morgan fingerprint density at radius 2 is 2.00 bits per heavy atom. The van der Waals surface area contributed by atoms with E-state index in [1.54, 1.807) is 18.4 Å². The predicted octanol–water partition coefficient (Wildman–Crippen LogP) is 4.13. The van der Waals surface area contributed by atoms with E-state index in [1.165, 1.54) is 18.6 Å². The Morgan fingerprint density at radius 1 is 1.19 bits per heavy atom. The minimum atomic E-state index is -0.358. The first-order valence-electron chi connectivity index (χ1n) is 9.28. The lowest BCUT2D eigenvalue weighted by molar-refractivity contribution is 0.0150. The van der Waals surface area contributed by atoms with E-state index in [9.17, 15) is 9.18 Å². The van der Waals surface area contributed by atoms with Crippen LogP contribution >= 0.6 is 0 Å². The zero-order valence-corrected chi connectivity index (χ0v) is 14.7. The van der Waals surface area contributed by atoms with E-state index in [4.69, 9.17) is 4.42 Å². The fourth-order valence-electron chi connectivity index (χ4n) is 4.36. The fraction of sp³-hybridized carbons (Fsp3) is 0.450. The number of furan rings is 1. The lowest BCUT2D eigenvalue weighted by Crippen LogP contribution is -2.56. The maximum Gasteiger partial charge on any atom is 0.319 e. The van der Waals surface area contributed by atoms with E-state index in [1.807, 2.05) is 12.1 Å². The molecule has 2 aliphatic rings. The molecule has 6 heteroatoms. The third-order valence-corrected chi connectivity index (χ3v) is 5.46. The molecule has 5 nitrogen and oxygen atoms in total. The number of halogens is 1. The number of carbonyl (C=O) groups is 1. The number of amides is 2. The van der Waals surface area contributed by atoms with Gasteiger partial charge in [0.1, 0.15) is 11.6 Å². The molecule has 2 bridgehead atoms. The topological polar surface area (TPSA) is 57.5 Å². The van der Waals surface area contributed by atoms with Crippen LogP contribution in [0.4, 0.5) is 14.9 Å². The zero-order chi connectivity index (χ0) is 17.9. The number of urea groups is 1. The van der Waals surface area contributed by atoms with Gasteiger partial charge in [-0.2, -0.15) is 0 Å². The van der Waals surface area contributed by atoms with Crippen molar-refractivity contribution in [3.8, 4) is 0 Å². The Balaban J connectivity index is 1.35. The molecule has 3 atom stereocenters. The van der Waals surface area contributed by atoms with Crippen LogP contribution < -0.4 is 10.6 Å². The second-order valence-corrected chi connectivity index (χ2v) is 7.27. The highest BCUT2D eigenvalue weighted by Gasteiger charge is 2.38. The number of benzene rings is 1. The standard InChI is InChI=1S/C20H24FN3O2/c21-14-4-1-5-15(10-14)22-20(25)23-16-11-17-6-2-7-18(12-16)24(17)13-19-8-3-9-26-19/h1,3-5,8-10,16-18H,2,6-7,11-13H2,(H2,22,23,25)/t16?,17-,18+. The second-order valence-electron chi connectivity index (χ2n) is 7.27. The zero-order valence-electron chi connectivity index (χ0n) is 14.7. The molecule has 3 heterocycles. The quantitative estimate of drug-likeness (QED) is 0.865. The highest BCUT2D eigenvalue weighted by Crippen LogP contribution is 2.35. The Labute approximate surface area is 152 Å². The first-order chi connectivity index (χ1) is 12.7. The number of anilines is 1. The van der Waals surface area contributed by atoms with Gasteiger partial charge >= 0.3 is 6.03 Å². The molecular weight excluding hydrogens is 333 g/mol. The molecular formula is C20H24FN3O2. The summed E-state index contributed by atoms with van der Waals surface area (Å²) in [6.07, 6.45) is 7.14. The molecule has 2 amide bonds. The number of hydrogen-bond donors (Lipinski definition) is 2. The molecule has 138 valence electrons. The van der Waals surface area contributed by atoms with E-state index in [-0.39, 0.29) is 17.9 Å². The lowest BCUT2D eigenvalue weighted by atomic mass is 9.81. The molecule has 2 N–H and O–H groups in total. The number of hydrogen-bond acceptors (Lipinski definition) is 3. The van der Waals surface area contributed by atoms with Gasteiger partial charge in [0, 0.05) is 23.8 Å². The Hall–Kier alpha value is -2.34. The van der Waals surface area contributed by atoms with Gasteiger partial charge in [0.15, 0.2) is 0 Å². The SMILES string of the molecule is O=C(Nc1cccc(F)c1)NC1C[C@H]2CCC[C@@H](C1)N2Cc1ccco1. The first kappa shape index (κ1) is 17.1. The third-order valence-electron chi connectivity index (χ3n) is 5.46. The van der Waals surface area contributed by atoms with E-state index in [0.717, 1.165) is 38.0 Å². The van der Waals surface area contributed by atoms with Crippen molar-refractivity contribution in [3.63, 3.8) is 0 Å². The molecule has 0 radical (unpaired) electrons. The first-order valence-corrected chi connectivity index (χ1v) is 9.28. The van der Waals surface area contributed by atoms with Gasteiger partial charge in [-0.05, 0) is 56.0 Å². The number of piperidine rings is 2. The van der Waals surface area contributed by atoms with Gasteiger partial charge in [-0.15, -0.1) is 0 Å². The minimum absolute atomic E-state index is 0.145. The Bertz CT molecular complexity index is 735. The Morgan fingerprint density at radius 3 is 2.69 bits per heavy atom. The third kappa shape index (κ3) is 3.90. The summed E-state index contributed by atoms with van der Waals surface area (Å²) >= 11 is 0. The highest BCUT2D eigenvalue weighted by atomic mass is 19.1. The normalized spacial score (nSPS) is 25.7. The molecule has 26 heavy (non-hydrogen) atoms. The van der Waals surface area contributed by atoms with E-state index < -0.39 is 0 Å². The van der Waals surface area contributed by atoms with Crippen molar-refractivity contribution in [2.45, 2.75) is 56.8 Å². The average Bonchev–Trinajstić information content (AvgIpc) is 3.08. The van der Waals surface area contributed by atoms with Crippen LogP contribution in [0.2, 0.25) is 0 Å². The summed E-state index contributed by atoms with van der Waals surface area (Å²) in [5.41, 5.74) is 0.470. The average molecular weight is 357 g/mol. The maximum absolute atomic E-state index is 13.2. The molecule has 0 spiro atoms. The van der Waals surface area contributed by atoms with Crippen molar-refractivity contribution < 1.29 is 13.6 Å². The molecule has 2 saturated heterocycles. The highest BCUT2D eigenvalue weighted by molar-refractivity contribution is 5.89.